The third kappa shape index (κ3) is 5.04. The van der Waals surface area contributed by atoms with Crippen molar-refractivity contribution in [3.05, 3.63) is 16.1 Å². The molecule has 2 heterocycles. The Morgan fingerprint density at radius 3 is 2.58 bits per heavy atom. The van der Waals surface area contributed by atoms with Gasteiger partial charge in [-0.3, -0.25) is 14.5 Å². The average Bonchev–Trinajstić information content (AvgIpc) is 3.05. The first-order valence-electron chi connectivity index (χ1n) is 9.75. The van der Waals surface area contributed by atoms with E-state index < -0.39 is 0 Å². The molecule has 6 nitrogen and oxygen atoms in total. The molecule has 26 heavy (non-hydrogen) atoms. The Morgan fingerprint density at radius 2 is 1.92 bits per heavy atom. The number of carbonyl (C=O) groups is 2. The van der Waals surface area contributed by atoms with Crippen molar-refractivity contribution in [2.45, 2.75) is 64.5 Å². The SMILES string of the molecule is Cc1ncsc1C(=O)NC1CCN(CC(=O)N[C@@H]2CCCC[C@H]2C)CC1. The minimum absolute atomic E-state index is 0.0209. The van der Waals surface area contributed by atoms with E-state index in [1.54, 1.807) is 5.51 Å². The van der Waals surface area contributed by atoms with Gasteiger partial charge in [-0.1, -0.05) is 19.8 Å². The van der Waals surface area contributed by atoms with E-state index in [1.807, 2.05) is 6.92 Å². The number of hydrogen-bond donors (Lipinski definition) is 2. The Labute approximate surface area is 159 Å². The molecule has 1 saturated carbocycles. The van der Waals surface area contributed by atoms with Crippen molar-refractivity contribution < 1.29 is 9.59 Å². The molecule has 1 aromatic rings. The van der Waals surface area contributed by atoms with E-state index in [0.29, 0.717) is 23.4 Å². The zero-order chi connectivity index (χ0) is 18.5. The van der Waals surface area contributed by atoms with E-state index in [9.17, 15) is 9.59 Å². The number of amides is 2. The van der Waals surface area contributed by atoms with Crippen LogP contribution in [0.3, 0.4) is 0 Å². The molecule has 144 valence electrons. The summed E-state index contributed by atoms with van der Waals surface area (Å²) in [5, 5.41) is 6.34. The third-order valence-corrected chi connectivity index (χ3v) is 6.63. The molecule has 2 fully saturated rings. The van der Waals surface area contributed by atoms with E-state index in [1.165, 1.54) is 30.6 Å². The summed E-state index contributed by atoms with van der Waals surface area (Å²) >= 11 is 1.39. The number of carbonyl (C=O) groups excluding carboxylic acids is 2. The number of piperidine rings is 1. The van der Waals surface area contributed by atoms with Gasteiger partial charge in [-0.2, -0.15) is 0 Å². The van der Waals surface area contributed by atoms with Crippen LogP contribution in [0, 0.1) is 12.8 Å². The number of hydrogen-bond acceptors (Lipinski definition) is 5. The van der Waals surface area contributed by atoms with Gasteiger partial charge in [0, 0.05) is 25.2 Å². The number of thiazole rings is 1. The van der Waals surface area contributed by atoms with Crippen LogP contribution >= 0.6 is 11.3 Å². The zero-order valence-electron chi connectivity index (χ0n) is 15.8. The minimum atomic E-state index is -0.0209. The van der Waals surface area contributed by atoms with Gasteiger partial charge >= 0.3 is 0 Å². The van der Waals surface area contributed by atoms with Gasteiger partial charge in [-0.25, -0.2) is 4.98 Å². The summed E-state index contributed by atoms with van der Waals surface area (Å²) in [6, 6.07) is 0.525. The van der Waals surface area contributed by atoms with Crippen molar-refractivity contribution in [2.75, 3.05) is 19.6 Å². The lowest BCUT2D eigenvalue weighted by Gasteiger charge is -2.33. The Kier molecular flexibility index (Phi) is 6.64. The summed E-state index contributed by atoms with van der Waals surface area (Å²) in [7, 11) is 0. The summed E-state index contributed by atoms with van der Waals surface area (Å²) in [5.74, 6) is 0.711. The highest BCUT2D eigenvalue weighted by Crippen LogP contribution is 2.23. The molecule has 0 bridgehead atoms. The van der Waals surface area contributed by atoms with Gasteiger partial charge in [0.05, 0.1) is 17.7 Å². The second-order valence-electron chi connectivity index (χ2n) is 7.73. The van der Waals surface area contributed by atoms with Crippen LogP contribution in [-0.4, -0.2) is 53.4 Å². The summed E-state index contributed by atoms with van der Waals surface area (Å²) < 4.78 is 0. The molecular formula is C19H30N4O2S. The molecule has 0 radical (unpaired) electrons. The maximum absolute atomic E-state index is 12.3. The highest BCUT2D eigenvalue weighted by atomic mass is 32.1. The maximum atomic E-state index is 12.3. The molecular weight excluding hydrogens is 348 g/mol. The lowest BCUT2D eigenvalue weighted by molar-refractivity contribution is -0.123. The minimum Gasteiger partial charge on any atom is -0.352 e. The van der Waals surface area contributed by atoms with Crippen molar-refractivity contribution in [3.63, 3.8) is 0 Å². The van der Waals surface area contributed by atoms with Gasteiger partial charge in [0.25, 0.3) is 5.91 Å². The number of rotatable bonds is 5. The Morgan fingerprint density at radius 1 is 1.19 bits per heavy atom. The smallest absolute Gasteiger partial charge is 0.263 e. The number of aromatic nitrogens is 1. The molecule has 2 N–H and O–H groups in total. The molecule has 0 aromatic carbocycles. The first-order chi connectivity index (χ1) is 12.5. The van der Waals surface area contributed by atoms with Crippen LogP contribution in [-0.2, 0) is 4.79 Å². The summed E-state index contributed by atoms with van der Waals surface area (Å²) in [4.78, 5) is 31.7. The predicted molar refractivity (Wildman–Crippen MR) is 103 cm³/mol. The van der Waals surface area contributed by atoms with Crippen LogP contribution in [0.4, 0.5) is 0 Å². The molecule has 1 aliphatic heterocycles. The molecule has 1 aromatic heterocycles. The van der Waals surface area contributed by atoms with E-state index in [-0.39, 0.29) is 17.9 Å². The lowest BCUT2D eigenvalue weighted by Crippen LogP contribution is -2.49. The van der Waals surface area contributed by atoms with Crippen molar-refractivity contribution in [1.29, 1.82) is 0 Å². The van der Waals surface area contributed by atoms with Gasteiger partial charge in [-0.05, 0) is 38.5 Å². The molecule has 2 atom stereocenters. The summed E-state index contributed by atoms with van der Waals surface area (Å²) in [6.45, 7) is 6.27. The Bertz CT molecular complexity index is 625. The van der Waals surface area contributed by atoms with E-state index in [2.05, 4.69) is 27.4 Å². The van der Waals surface area contributed by atoms with Gasteiger partial charge in [0.2, 0.25) is 5.91 Å². The molecule has 7 heteroatoms. The van der Waals surface area contributed by atoms with Crippen LogP contribution in [0.25, 0.3) is 0 Å². The summed E-state index contributed by atoms with van der Waals surface area (Å²) in [5.41, 5.74) is 2.50. The molecule has 2 aliphatic rings. The Balaban J connectivity index is 1.39. The van der Waals surface area contributed by atoms with Crippen LogP contribution in [0.1, 0.15) is 60.8 Å². The normalized spacial score (nSPS) is 25.0. The van der Waals surface area contributed by atoms with E-state index >= 15 is 0 Å². The van der Waals surface area contributed by atoms with Crippen LogP contribution in [0.2, 0.25) is 0 Å². The average molecular weight is 379 g/mol. The molecule has 0 spiro atoms. The number of nitrogens with zero attached hydrogens (tertiary/aromatic N) is 2. The first-order valence-corrected chi connectivity index (χ1v) is 10.6. The van der Waals surface area contributed by atoms with Gasteiger partial charge < -0.3 is 10.6 Å². The van der Waals surface area contributed by atoms with Crippen molar-refractivity contribution >= 4 is 23.2 Å². The second kappa shape index (κ2) is 8.95. The fourth-order valence-electron chi connectivity index (χ4n) is 3.99. The van der Waals surface area contributed by atoms with Crippen molar-refractivity contribution in [1.82, 2.24) is 20.5 Å². The highest BCUT2D eigenvalue weighted by molar-refractivity contribution is 7.11. The number of nitrogens with one attached hydrogen (secondary N) is 2. The molecule has 0 unspecified atom stereocenters. The fraction of sp³-hybridized carbons (Fsp3) is 0.737. The first kappa shape index (κ1) is 19.3. The maximum Gasteiger partial charge on any atom is 0.263 e. The van der Waals surface area contributed by atoms with Gasteiger partial charge in [-0.15, -0.1) is 11.3 Å². The molecule has 1 aliphatic carbocycles. The molecule has 3 rings (SSSR count). The lowest BCUT2D eigenvalue weighted by atomic mass is 9.86. The summed E-state index contributed by atoms with van der Waals surface area (Å²) in [6.07, 6.45) is 6.61. The van der Waals surface area contributed by atoms with E-state index in [4.69, 9.17) is 0 Å². The highest BCUT2D eigenvalue weighted by Gasteiger charge is 2.26. The largest absolute Gasteiger partial charge is 0.352 e. The quantitative estimate of drug-likeness (QED) is 0.825. The second-order valence-corrected chi connectivity index (χ2v) is 8.58. The van der Waals surface area contributed by atoms with Crippen LogP contribution in [0.5, 0.6) is 0 Å². The standard InChI is InChI=1S/C19H30N4O2S/c1-13-5-3-4-6-16(13)22-17(24)11-23-9-7-15(8-10-23)21-19(25)18-14(2)20-12-26-18/h12-13,15-16H,3-11H2,1-2H3,(H,21,25)(H,22,24)/t13-,16-/m1/s1. The molecule has 2 amide bonds. The third-order valence-electron chi connectivity index (χ3n) is 5.70. The molecule has 1 saturated heterocycles. The number of aryl methyl sites for hydroxylation is 1. The number of likely N-dealkylation sites (tertiary alicyclic amines) is 1. The van der Waals surface area contributed by atoms with E-state index in [0.717, 1.165) is 38.0 Å². The monoisotopic (exact) mass is 378 g/mol. The predicted octanol–water partition coefficient (Wildman–Crippen LogP) is 2.34. The fourth-order valence-corrected chi connectivity index (χ4v) is 4.70. The van der Waals surface area contributed by atoms with Crippen molar-refractivity contribution in [2.24, 2.45) is 5.92 Å². The zero-order valence-corrected chi connectivity index (χ0v) is 16.6. The van der Waals surface area contributed by atoms with Gasteiger partial charge in [0.15, 0.2) is 0 Å². The van der Waals surface area contributed by atoms with Gasteiger partial charge in [0.1, 0.15) is 4.88 Å². The van der Waals surface area contributed by atoms with Crippen LogP contribution in [0.15, 0.2) is 5.51 Å². The van der Waals surface area contributed by atoms with Crippen molar-refractivity contribution in [3.8, 4) is 0 Å². The Hall–Kier alpha value is -1.47. The topological polar surface area (TPSA) is 74.3 Å². The van der Waals surface area contributed by atoms with Crippen LogP contribution < -0.4 is 10.6 Å².